The van der Waals surface area contributed by atoms with E-state index in [1.54, 1.807) is 11.1 Å². The number of anilines is 1. The van der Waals surface area contributed by atoms with Crippen molar-refractivity contribution >= 4 is 11.9 Å². The molecule has 35 heavy (non-hydrogen) atoms. The number of benzene rings is 2. The van der Waals surface area contributed by atoms with Crippen molar-refractivity contribution in [3.63, 3.8) is 0 Å². The van der Waals surface area contributed by atoms with Crippen molar-refractivity contribution in [2.75, 3.05) is 5.73 Å². The molecule has 0 radical (unpaired) electrons. The number of halogens is 5. The molecule has 0 bridgehead atoms. The molecule has 0 saturated carbocycles. The van der Waals surface area contributed by atoms with Gasteiger partial charge in [-0.05, 0) is 35.9 Å². The fraction of sp³-hybridized carbons (Fsp3) is 0.125. The highest BCUT2D eigenvalue weighted by atomic mass is 19.4. The smallest absolute Gasteiger partial charge is 0.399 e. The van der Waals surface area contributed by atoms with Gasteiger partial charge in [-0.3, -0.25) is 9.99 Å². The SMILES string of the molecule is Nc1ccc(-c2ccc(CN3Cc4[nH]c(-c5cccc(F)c5F)nc4C=N3)cn2)c(C(F)(F)F)c1. The summed E-state index contributed by atoms with van der Waals surface area (Å²) in [4.78, 5) is 11.5. The molecule has 11 heteroatoms. The lowest BCUT2D eigenvalue weighted by Gasteiger charge is -2.21. The van der Waals surface area contributed by atoms with E-state index >= 15 is 0 Å². The standard InChI is InChI=1S/C24H17F5N6/c25-18-3-1-2-16(22(18)26)23-33-20-10-32-35(12-21(20)34-23)11-13-4-7-19(31-9-13)15-6-5-14(30)8-17(15)24(27,28)29/h1-10H,11-12,30H2,(H,33,34). The molecule has 0 aliphatic carbocycles. The normalized spacial score (nSPS) is 13.2. The molecular weight excluding hydrogens is 467 g/mol. The van der Waals surface area contributed by atoms with Gasteiger partial charge in [-0.25, -0.2) is 13.8 Å². The Morgan fingerprint density at radius 2 is 1.86 bits per heavy atom. The van der Waals surface area contributed by atoms with E-state index < -0.39 is 23.4 Å². The number of rotatable bonds is 4. The molecule has 178 valence electrons. The Bertz CT molecular complexity index is 1430. The highest BCUT2D eigenvalue weighted by Gasteiger charge is 2.34. The molecule has 0 atom stereocenters. The zero-order chi connectivity index (χ0) is 24.7. The second-order valence-electron chi connectivity index (χ2n) is 7.97. The molecule has 1 aliphatic rings. The van der Waals surface area contributed by atoms with Crippen LogP contribution < -0.4 is 5.73 Å². The molecule has 4 aromatic rings. The maximum Gasteiger partial charge on any atom is 0.417 e. The lowest BCUT2D eigenvalue weighted by atomic mass is 10.0. The Balaban J connectivity index is 1.33. The molecule has 0 fully saturated rings. The van der Waals surface area contributed by atoms with E-state index in [0.29, 0.717) is 30.0 Å². The van der Waals surface area contributed by atoms with E-state index in [9.17, 15) is 22.0 Å². The van der Waals surface area contributed by atoms with Crippen molar-refractivity contribution in [3.05, 3.63) is 88.9 Å². The third kappa shape index (κ3) is 4.44. The maximum atomic E-state index is 14.1. The second-order valence-corrected chi connectivity index (χ2v) is 7.97. The van der Waals surface area contributed by atoms with Crippen LogP contribution in [0.15, 0.2) is 59.8 Å². The minimum atomic E-state index is -4.57. The molecule has 0 spiro atoms. The number of nitrogens with one attached hydrogen (secondary N) is 1. The first kappa shape index (κ1) is 22.5. The first-order valence-corrected chi connectivity index (χ1v) is 10.4. The van der Waals surface area contributed by atoms with Gasteiger partial charge < -0.3 is 10.7 Å². The van der Waals surface area contributed by atoms with Crippen molar-refractivity contribution in [1.82, 2.24) is 20.0 Å². The number of fused-ring (bicyclic) bond motifs is 1. The van der Waals surface area contributed by atoms with E-state index in [0.717, 1.165) is 12.1 Å². The number of aromatic amines is 1. The van der Waals surface area contributed by atoms with Gasteiger partial charge in [0.1, 0.15) is 11.5 Å². The Morgan fingerprint density at radius 3 is 2.60 bits per heavy atom. The first-order chi connectivity index (χ1) is 16.7. The number of aromatic nitrogens is 3. The van der Waals surface area contributed by atoms with Crippen molar-refractivity contribution in [2.45, 2.75) is 19.3 Å². The highest BCUT2D eigenvalue weighted by molar-refractivity contribution is 5.80. The highest BCUT2D eigenvalue weighted by Crippen LogP contribution is 2.37. The summed E-state index contributed by atoms with van der Waals surface area (Å²) in [6.07, 6.45) is -1.58. The molecule has 0 saturated heterocycles. The Kier molecular flexibility index (Phi) is 5.46. The number of H-pyrrole nitrogens is 1. The topological polar surface area (TPSA) is 83.2 Å². The summed E-state index contributed by atoms with van der Waals surface area (Å²) in [5, 5.41) is 6.01. The van der Waals surface area contributed by atoms with Crippen LogP contribution in [0.4, 0.5) is 27.6 Å². The van der Waals surface area contributed by atoms with Gasteiger partial charge >= 0.3 is 6.18 Å². The predicted molar refractivity (Wildman–Crippen MR) is 120 cm³/mol. The van der Waals surface area contributed by atoms with Crippen LogP contribution in [0.3, 0.4) is 0 Å². The Morgan fingerprint density at radius 1 is 1.03 bits per heavy atom. The lowest BCUT2D eigenvalue weighted by Crippen LogP contribution is -2.21. The van der Waals surface area contributed by atoms with E-state index in [4.69, 9.17) is 5.73 Å². The van der Waals surface area contributed by atoms with Crippen LogP contribution in [0, 0.1) is 11.6 Å². The summed E-state index contributed by atoms with van der Waals surface area (Å²) in [6, 6.07) is 10.6. The fourth-order valence-electron chi connectivity index (χ4n) is 3.83. The number of hydrogen-bond donors (Lipinski definition) is 2. The van der Waals surface area contributed by atoms with Gasteiger partial charge in [-0.15, -0.1) is 0 Å². The summed E-state index contributed by atoms with van der Waals surface area (Å²) in [5.41, 5.74) is 6.71. The molecule has 2 aromatic carbocycles. The molecule has 6 nitrogen and oxygen atoms in total. The van der Waals surface area contributed by atoms with Crippen LogP contribution in [-0.2, 0) is 19.3 Å². The van der Waals surface area contributed by atoms with Crippen molar-refractivity contribution in [1.29, 1.82) is 0 Å². The molecule has 0 amide bonds. The summed E-state index contributed by atoms with van der Waals surface area (Å²) in [7, 11) is 0. The molecule has 3 heterocycles. The van der Waals surface area contributed by atoms with Crippen molar-refractivity contribution < 1.29 is 22.0 Å². The van der Waals surface area contributed by atoms with Gasteiger partial charge in [0.15, 0.2) is 11.6 Å². The number of nitrogens with zero attached hydrogens (tertiary/aromatic N) is 4. The predicted octanol–water partition coefficient (Wildman–Crippen LogP) is 5.37. The first-order valence-electron chi connectivity index (χ1n) is 10.4. The summed E-state index contributed by atoms with van der Waals surface area (Å²) < 4.78 is 68.0. The number of pyridine rings is 1. The van der Waals surface area contributed by atoms with Crippen LogP contribution >= 0.6 is 0 Å². The number of hydrazone groups is 1. The van der Waals surface area contributed by atoms with E-state index in [1.807, 2.05) is 0 Å². The number of nitrogen functional groups attached to an aromatic ring is 1. The van der Waals surface area contributed by atoms with Crippen LogP contribution in [0.25, 0.3) is 22.6 Å². The average molecular weight is 484 g/mol. The van der Waals surface area contributed by atoms with Crippen LogP contribution in [0.2, 0.25) is 0 Å². The average Bonchev–Trinajstić information content (AvgIpc) is 3.24. The lowest BCUT2D eigenvalue weighted by molar-refractivity contribution is -0.137. The fourth-order valence-corrected chi connectivity index (χ4v) is 3.83. The van der Waals surface area contributed by atoms with Gasteiger partial charge in [0, 0.05) is 17.4 Å². The third-order valence-corrected chi connectivity index (χ3v) is 5.52. The Hall–Kier alpha value is -4.28. The molecule has 5 rings (SSSR count). The number of imidazole rings is 1. The maximum absolute atomic E-state index is 14.1. The number of alkyl halides is 3. The van der Waals surface area contributed by atoms with Gasteiger partial charge in [0.05, 0.1) is 41.8 Å². The molecule has 3 N–H and O–H groups in total. The van der Waals surface area contributed by atoms with E-state index in [2.05, 4.69) is 20.1 Å². The van der Waals surface area contributed by atoms with Gasteiger partial charge in [-0.2, -0.15) is 18.3 Å². The van der Waals surface area contributed by atoms with Gasteiger partial charge in [0.2, 0.25) is 0 Å². The second kappa shape index (κ2) is 8.49. The summed E-state index contributed by atoms with van der Waals surface area (Å²) in [6.45, 7) is 0.632. The van der Waals surface area contributed by atoms with E-state index in [-0.39, 0.29) is 28.3 Å². The molecule has 2 aromatic heterocycles. The zero-order valence-corrected chi connectivity index (χ0v) is 17.9. The quantitative estimate of drug-likeness (QED) is 0.302. The van der Waals surface area contributed by atoms with E-state index in [1.165, 1.54) is 42.7 Å². The van der Waals surface area contributed by atoms with Gasteiger partial charge in [-0.1, -0.05) is 18.2 Å². The molecule has 0 unspecified atom stereocenters. The number of hydrogen-bond acceptors (Lipinski definition) is 5. The summed E-state index contributed by atoms with van der Waals surface area (Å²) >= 11 is 0. The van der Waals surface area contributed by atoms with Crippen LogP contribution in [0.1, 0.15) is 22.5 Å². The number of nitrogens with two attached hydrogens (primary N) is 1. The third-order valence-electron chi connectivity index (χ3n) is 5.52. The molecule has 1 aliphatic heterocycles. The zero-order valence-electron chi connectivity index (χ0n) is 17.9. The minimum Gasteiger partial charge on any atom is -0.399 e. The minimum absolute atomic E-state index is 0.0139. The summed E-state index contributed by atoms with van der Waals surface area (Å²) in [5.74, 6) is -1.77. The largest absolute Gasteiger partial charge is 0.417 e. The Labute approximate surface area is 195 Å². The van der Waals surface area contributed by atoms with Crippen molar-refractivity contribution in [2.24, 2.45) is 5.10 Å². The van der Waals surface area contributed by atoms with Crippen LogP contribution in [-0.4, -0.2) is 26.2 Å². The van der Waals surface area contributed by atoms with Crippen molar-refractivity contribution in [3.8, 4) is 22.6 Å². The van der Waals surface area contributed by atoms with Gasteiger partial charge in [0.25, 0.3) is 0 Å². The van der Waals surface area contributed by atoms with Crippen LogP contribution in [0.5, 0.6) is 0 Å². The monoisotopic (exact) mass is 484 g/mol. The molecular formula is C24H17F5N6.